The molecule has 0 aliphatic carbocycles. The maximum Gasteiger partial charge on any atom is 0.355 e. The van der Waals surface area contributed by atoms with Crippen LogP contribution in [0.25, 0.3) is 11.1 Å². The molecule has 174 valence electrons. The maximum atomic E-state index is 13.3. The molecule has 0 saturated carbocycles. The Hall–Kier alpha value is -4.83. The largest absolute Gasteiger partial charge is 0.466 e. The summed E-state index contributed by atoms with van der Waals surface area (Å²) >= 11 is 0. The van der Waals surface area contributed by atoms with Crippen LogP contribution in [0.2, 0.25) is 0 Å². The van der Waals surface area contributed by atoms with Gasteiger partial charge in [0.25, 0.3) is 0 Å². The summed E-state index contributed by atoms with van der Waals surface area (Å²) in [5, 5.41) is 10.2. The molecule has 1 aliphatic rings. The number of methoxy groups -OCH3 is 2. The molecule has 4 rings (SSSR count). The second-order valence-corrected chi connectivity index (χ2v) is 7.72. The minimum absolute atomic E-state index is 0.0257. The van der Waals surface area contributed by atoms with Gasteiger partial charge in [0.2, 0.25) is 0 Å². The Bertz CT molecular complexity index is 1370. The van der Waals surface area contributed by atoms with Gasteiger partial charge in [0.1, 0.15) is 11.5 Å². The number of benzene rings is 3. The van der Waals surface area contributed by atoms with Crippen molar-refractivity contribution in [3.63, 3.8) is 0 Å². The normalized spacial score (nSPS) is 15.5. The zero-order valence-corrected chi connectivity index (χ0v) is 19.3. The van der Waals surface area contributed by atoms with Crippen LogP contribution >= 0.6 is 0 Å². The van der Waals surface area contributed by atoms with Gasteiger partial charge in [-0.25, -0.2) is 9.59 Å². The molecule has 1 unspecified atom stereocenters. The van der Waals surface area contributed by atoms with E-state index in [1.807, 2.05) is 48.5 Å². The van der Waals surface area contributed by atoms with E-state index in [-0.39, 0.29) is 22.7 Å². The molecule has 1 aliphatic heterocycles. The first kappa shape index (κ1) is 23.3. The highest BCUT2D eigenvalue weighted by atomic mass is 16.5. The lowest BCUT2D eigenvalue weighted by Crippen LogP contribution is -2.41. The Morgan fingerprint density at radius 3 is 2.03 bits per heavy atom. The second kappa shape index (κ2) is 9.98. The van der Waals surface area contributed by atoms with E-state index in [0.29, 0.717) is 11.3 Å². The molecular formula is C28H23N3O4. The van der Waals surface area contributed by atoms with E-state index in [4.69, 9.17) is 15.2 Å². The minimum Gasteiger partial charge on any atom is -0.466 e. The molecule has 0 fully saturated rings. The van der Waals surface area contributed by atoms with E-state index >= 15 is 0 Å². The average molecular weight is 466 g/mol. The third-order valence-electron chi connectivity index (χ3n) is 5.84. The summed E-state index contributed by atoms with van der Waals surface area (Å²) in [7, 11) is 2.45. The van der Waals surface area contributed by atoms with Crippen molar-refractivity contribution in [2.45, 2.75) is 5.92 Å². The summed E-state index contributed by atoms with van der Waals surface area (Å²) in [6.07, 6.45) is 0. The van der Waals surface area contributed by atoms with Gasteiger partial charge in [0.15, 0.2) is 0 Å². The standard InChI is InChI=1S/C28H23N3O4/c1-34-27(32)24-23(19-13-7-4-8-14-19)21(17-29)26(30)31(25(24)28(33)35-2)22-16-10-9-15-20(22)18-11-5-3-6-12-18/h3-16,23H,30H2,1-2H3. The van der Waals surface area contributed by atoms with Gasteiger partial charge in [-0.1, -0.05) is 78.9 Å². The number of carbonyl (C=O) groups excluding carboxylic acids is 2. The maximum absolute atomic E-state index is 13.3. The van der Waals surface area contributed by atoms with Crippen molar-refractivity contribution in [3.05, 3.63) is 113 Å². The number of para-hydroxylation sites is 1. The molecule has 7 nitrogen and oxygen atoms in total. The van der Waals surface area contributed by atoms with Crippen LogP contribution in [0, 0.1) is 11.3 Å². The number of carbonyl (C=O) groups is 2. The number of hydrogen-bond acceptors (Lipinski definition) is 7. The van der Waals surface area contributed by atoms with Crippen LogP contribution in [0.1, 0.15) is 11.5 Å². The van der Waals surface area contributed by atoms with Gasteiger partial charge in [0, 0.05) is 5.56 Å². The van der Waals surface area contributed by atoms with Crippen molar-refractivity contribution in [3.8, 4) is 17.2 Å². The Morgan fingerprint density at radius 1 is 0.857 bits per heavy atom. The highest BCUT2D eigenvalue weighted by Gasteiger charge is 2.43. The number of rotatable bonds is 5. The van der Waals surface area contributed by atoms with E-state index in [0.717, 1.165) is 11.1 Å². The summed E-state index contributed by atoms with van der Waals surface area (Å²) in [6, 6.07) is 27.9. The quantitative estimate of drug-likeness (QED) is 0.562. The van der Waals surface area contributed by atoms with E-state index in [2.05, 4.69) is 6.07 Å². The number of ether oxygens (including phenoxy) is 2. The van der Waals surface area contributed by atoms with E-state index < -0.39 is 17.9 Å². The van der Waals surface area contributed by atoms with Crippen molar-refractivity contribution in [2.24, 2.45) is 5.73 Å². The van der Waals surface area contributed by atoms with Gasteiger partial charge < -0.3 is 15.2 Å². The summed E-state index contributed by atoms with van der Waals surface area (Å²) in [4.78, 5) is 27.9. The van der Waals surface area contributed by atoms with Crippen molar-refractivity contribution < 1.29 is 19.1 Å². The van der Waals surface area contributed by atoms with Crippen LogP contribution in [0.15, 0.2) is 108 Å². The SMILES string of the molecule is COC(=O)C1=C(C(=O)OC)N(c2ccccc2-c2ccccc2)C(N)=C(C#N)C1c1ccccc1. The monoisotopic (exact) mass is 465 g/mol. The van der Waals surface area contributed by atoms with Crippen molar-refractivity contribution in [1.29, 1.82) is 5.26 Å². The number of hydrogen-bond donors (Lipinski definition) is 1. The summed E-state index contributed by atoms with van der Waals surface area (Å²) in [5.74, 6) is -2.43. The molecule has 2 N–H and O–H groups in total. The zero-order valence-electron chi connectivity index (χ0n) is 19.3. The first-order valence-corrected chi connectivity index (χ1v) is 10.8. The van der Waals surface area contributed by atoms with Gasteiger partial charge in [0.05, 0.1) is 43.0 Å². The molecule has 3 aromatic rings. The molecule has 3 aromatic carbocycles. The second-order valence-electron chi connectivity index (χ2n) is 7.72. The number of nitrogens with two attached hydrogens (primary N) is 1. The molecule has 0 spiro atoms. The molecule has 35 heavy (non-hydrogen) atoms. The lowest BCUT2D eigenvalue weighted by Gasteiger charge is -2.36. The Balaban J connectivity index is 2.09. The molecule has 1 atom stereocenters. The van der Waals surface area contributed by atoms with Gasteiger partial charge in [-0.2, -0.15) is 5.26 Å². The third kappa shape index (κ3) is 4.13. The van der Waals surface area contributed by atoms with Crippen LogP contribution in [0.4, 0.5) is 5.69 Å². The predicted octanol–water partition coefficient (Wildman–Crippen LogP) is 4.25. The summed E-state index contributed by atoms with van der Waals surface area (Å²) in [5.41, 5.74) is 9.34. The molecule has 0 amide bonds. The molecule has 7 heteroatoms. The van der Waals surface area contributed by atoms with Crippen molar-refractivity contribution >= 4 is 17.6 Å². The molecule has 0 radical (unpaired) electrons. The van der Waals surface area contributed by atoms with Crippen LogP contribution in [0.3, 0.4) is 0 Å². The highest BCUT2D eigenvalue weighted by Crippen LogP contribution is 2.45. The van der Waals surface area contributed by atoms with Crippen molar-refractivity contribution in [2.75, 3.05) is 19.1 Å². The molecule has 0 aromatic heterocycles. The fourth-order valence-corrected chi connectivity index (χ4v) is 4.29. The predicted molar refractivity (Wildman–Crippen MR) is 131 cm³/mol. The Kier molecular flexibility index (Phi) is 6.65. The number of allylic oxidation sites excluding steroid dienone is 1. The summed E-state index contributed by atoms with van der Waals surface area (Å²) in [6.45, 7) is 0. The van der Waals surface area contributed by atoms with E-state index in [1.165, 1.54) is 19.1 Å². The zero-order chi connectivity index (χ0) is 24.9. The fraction of sp³-hybridized carbons (Fsp3) is 0.107. The van der Waals surface area contributed by atoms with Gasteiger partial charge in [-0.05, 0) is 17.2 Å². The number of esters is 2. The van der Waals surface area contributed by atoms with Gasteiger partial charge in [-0.3, -0.25) is 4.90 Å². The van der Waals surface area contributed by atoms with Crippen LogP contribution in [0.5, 0.6) is 0 Å². The molecule has 0 saturated heterocycles. The van der Waals surface area contributed by atoms with Crippen molar-refractivity contribution in [1.82, 2.24) is 0 Å². The first-order chi connectivity index (χ1) is 17.0. The first-order valence-electron chi connectivity index (χ1n) is 10.8. The number of nitrogens with zero attached hydrogens (tertiary/aromatic N) is 2. The van der Waals surface area contributed by atoms with E-state index in [1.54, 1.807) is 36.4 Å². The topological polar surface area (TPSA) is 106 Å². The average Bonchev–Trinajstić information content (AvgIpc) is 2.92. The number of anilines is 1. The van der Waals surface area contributed by atoms with Crippen LogP contribution in [-0.2, 0) is 19.1 Å². The van der Waals surface area contributed by atoms with Crippen LogP contribution < -0.4 is 10.6 Å². The van der Waals surface area contributed by atoms with E-state index in [9.17, 15) is 14.9 Å². The molecule has 1 heterocycles. The molecular weight excluding hydrogens is 442 g/mol. The fourth-order valence-electron chi connectivity index (χ4n) is 4.29. The summed E-state index contributed by atoms with van der Waals surface area (Å²) < 4.78 is 10.2. The molecule has 0 bridgehead atoms. The third-order valence-corrected chi connectivity index (χ3v) is 5.84. The van der Waals surface area contributed by atoms with Gasteiger partial charge >= 0.3 is 11.9 Å². The minimum atomic E-state index is -0.914. The smallest absolute Gasteiger partial charge is 0.355 e. The van der Waals surface area contributed by atoms with Gasteiger partial charge in [-0.15, -0.1) is 0 Å². The lowest BCUT2D eigenvalue weighted by atomic mass is 9.80. The Morgan fingerprint density at radius 2 is 1.43 bits per heavy atom. The lowest BCUT2D eigenvalue weighted by molar-refractivity contribution is -0.139. The Labute approximate surface area is 203 Å². The number of nitriles is 1. The highest BCUT2D eigenvalue weighted by molar-refractivity contribution is 6.07. The van der Waals surface area contributed by atoms with Crippen LogP contribution in [-0.4, -0.2) is 26.2 Å².